The number of hydrogen-bond acceptors (Lipinski definition) is 0. The Hall–Kier alpha value is 0.650. The van der Waals surface area contributed by atoms with E-state index in [0.717, 1.165) is 13.7 Å². The topological polar surface area (TPSA) is 8.81 Å². The zero-order valence-corrected chi connectivity index (χ0v) is 10.3. The Bertz CT molecular complexity index is 186. The van der Waals surface area contributed by atoms with Crippen molar-refractivity contribution in [2.45, 2.75) is 0 Å². The molecular formula is C5H6Br3N2+. The van der Waals surface area contributed by atoms with Gasteiger partial charge in [0.15, 0.2) is 11.7 Å². The Kier molecular flexibility index (Phi) is 2.58. The molecule has 0 radical (unpaired) electrons. The number of aromatic nitrogens is 2. The average molecular weight is 334 g/mol. The van der Waals surface area contributed by atoms with Gasteiger partial charge in [-0.15, -0.1) is 9.36 Å². The maximum absolute atomic E-state index is 3.42. The van der Waals surface area contributed by atoms with E-state index in [4.69, 9.17) is 0 Å². The Morgan fingerprint density at radius 2 is 1.80 bits per heavy atom. The van der Waals surface area contributed by atoms with Crippen LogP contribution in [0.2, 0.25) is 0 Å². The van der Waals surface area contributed by atoms with Crippen LogP contribution in [0.5, 0.6) is 0 Å². The van der Waals surface area contributed by atoms with E-state index >= 15 is 0 Å². The lowest BCUT2D eigenvalue weighted by atomic mass is 10.7. The van der Waals surface area contributed by atoms with Crippen LogP contribution in [0.1, 0.15) is 0 Å². The van der Waals surface area contributed by atoms with Crippen LogP contribution in [-0.2, 0) is 14.1 Å². The van der Waals surface area contributed by atoms with E-state index in [1.54, 1.807) is 0 Å². The Labute approximate surface area is 84.6 Å². The lowest BCUT2D eigenvalue weighted by Crippen LogP contribution is -2.38. The standard InChI is InChI=1S/C5H6Br3N2/c1-9-4(7)3(6)5(8)10(9)2/h1-2H3/q+1. The van der Waals surface area contributed by atoms with Crippen molar-refractivity contribution in [1.82, 2.24) is 4.68 Å². The predicted octanol–water partition coefficient (Wildman–Crippen LogP) is 2.14. The third kappa shape index (κ3) is 1.19. The van der Waals surface area contributed by atoms with E-state index in [1.807, 2.05) is 23.5 Å². The van der Waals surface area contributed by atoms with Crippen molar-refractivity contribution in [1.29, 1.82) is 0 Å². The van der Waals surface area contributed by atoms with Crippen LogP contribution in [0.3, 0.4) is 0 Å². The second-order valence-corrected chi connectivity index (χ2v) is 4.24. The summed E-state index contributed by atoms with van der Waals surface area (Å²) in [6, 6.07) is 0. The number of halogens is 3. The van der Waals surface area contributed by atoms with Crippen LogP contribution in [-0.4, -0.2) is 4.68 Å². The van der Waals surface area contributed by atoms with Crippen molar-refractivity contribution < 1.29 is 4.68 Å². The van der Waals surface area contributed by atoms with E-state index in [0.29, 0.717) is 0 Å². The number of nitrogens with zero attached hydrogens (tertiary/aromatic N) is 2. The summed E-state index contributed by atoms with van der Waals surface area (Å²) in [7, 11) is 3.94. The van der Waals surface area contributed by atoms with Crippen molar-refractivity contribution in [3.63, 3.8) is 0 Å². The van der Waals surface area contributed by atoms with Gasteiger partial charge in [0.1, 0.15) is 4.47 Å². The van der Waals surface area contributed by atoms with Crippen molar-refractivity contribution in [3.8, 4) is 0 Å². The minimum absolute atomic E-state index is 1.03. The van der Waals surface area contributed by atoms with Crippen molar-refractivity contribution >= 4 is 47.8 Å². The normalized spacial score (nSPS) is 10.5. The summed E-state index contributed by atoms with van der Waals surface area (Å²) < 4.78 is 7.06. The lowest BCUT2D eigenvalue weighted by Gasteiger charge is -1.88. The molecule has 0 N–H and O–H groups in total. The van der Waals surface area contributed by atoms with E-state index < -0.39 is 0 Å². The smallest absolute Gasteiger partial charge is 0.148 e. The largest absolute Gasteiger partial charge is 0.288 e. The molecule has 5 heteroatoms. The minimum Gasteiger partial charge on any atom is -0.148 e. The van der Waals surface area contributed by atoms with E-state index in [9.17, 15) is 0 Å². The molecule has 1 aromatic heterocycles. The zero-order chi connectivity index (χ0) is 7.89. The Balaban J connectivity index is 3.44. The van der Waals surface area contributed by atoms with E-state index in [1.165, 1.54) is 0 Å². The molecule has 0 unspecified atom stereocenters. The highest BCUT2D eigenvalue weighted by atomic mass is 79.9. The van der Waals surface area contributed by atoms with Crippen molar-refractivity contribution in [2.24, 2.45) is 14.1 Å². The molecule has 0 fully saturated rings. The second kappa shape index (κ2) is 2.95. The summed E-state index contributed by atoms with van der Waals surface area (Å²) in [5.74, 6) is 0. The van der Waals surface area contributed by atoms with Crippen molar-refractivity contribution in [2.75, 3.05) is 0 Å². The van der Waals surface area contributed by atoms with Crippen LogP contribution in [0.25, 0.3) is 0 Å². The Morgan fingerprint density at radius 1 is 1.30 bits per heavy atom. The van der Waals surface area contributed by atoms with Crippen LogP contribution in [0, 0.1) is 0 Å². The fraction of sp³-hybridized carbons (Fsp3) is 0.400. The molecule has 0 spiro atoms. The monoisotopic (exact) mass is 331 g/mol. The number of rotatable bonds is 0. The highest BCUT2D eigenvalue weighted by Crippen LogP contribution is 2.27. The summed E-state index contributed by atoms with van der Waals surface area (Å²) in [5, 5.41) is 0. The van der Waals surface area contributed by atoms with Gasteiger partial charge in [-0.2, -0.15) is 0 Å². The fourth-order valence-electron chi connectivity index (χ4n) is 0.633. The molecule has 1 rings (SSSR count). The molecule has 0 aliphatic heterocycles. The van der Waals surface area contributed by atoms with Gasteiger partial charge >= 0.3 is 0 Å². The minimum atomic E-state index is 1.03. The Morgan fingerprint density at radius 3 is 1.90 bits per heavy atom. The van der Waals surface area contributed by atoms with Gasteiger partial charge in [-0.3, -0.25) is 0 Å². The van der Waals surface area contributed by atoms with Gasteiger partial charge in [0, 0.05) is 15.9 Å². The van der Waals surface area contributed by atoms with Gasteiger partial charge in [-0.25, -0.2) is 0 Å². The summed E-state index contributed by atoms with van der Waals surface area (Å²) in [6.07, 6.45) is 0. The summed E-state index contributed by atoms with van der Waals surface area (Å²) in [5.41, 5.74) is 0. The third-order valence-corrected chi connectivity index (χ3v) is 5.02. The van der Waals surface area contributed by atoms with Gasteiger partial charge < -0.3 is 0 Å². The molecule has 10 heavy (non-hydrogen) atoms. The van der Waals surface area contributed by atoms with Gasteiger partial charge in [0.25, 0.3) is 4.60 Å². The zero-order valence-electron chi connectivity index (χ0n) is 5.53. The van der Waals surface area contributed by atoms with Crippen LogP contribution in [0.4, 0.5) is 0 Å². The van der Waals surface area contributed by atoms with Gasteiger partial charge in [-0.1, -0.05) is 0 Å². The summed E-state index contributed by atoms with van der Waals surface area (Å²) >= 11 is 10.2. The molecule has 0 atom stereocenters. The first kappa shape index (κ1) is 8.74. The first-order valence-corrected chi connectivity index (χ1v) is 4.99. The highest BCUT2D eigenvalue weighted by molar-refractivity contribution is 9.14. The lowest BCUT2D eigenvalue weighted by molar-refractivity contribution is -0.761. The van der Waals surface area contributed by atoms with E-state index in [-0.39, 0.29) is 0 Å². The fourth-order valence-corrected chi connectivity index (χ4v) is 2.26. The average Bonchev–Trinajstić information content (AvgIpc) is 2.07. The number of hydrogen-bond donors (Lipinski definition) is 0. The summed E-state index contributed by atoms with van der Waals surface area (Å²) in [6.45, 7) is 0. The van der Waals surface area contributed by atoms with Gasteiger partial charge in [0.2, 0.25) is 0 Å². The molecule has 0 saturated carbocycles. The quantitative estimate of drug-likeness (QED) is 0.643. The molecule has 1 aromatic rings. The SMILES string of the molecule is Cn1c(Br)c(Br)c(Br)[n+]1C. The van der Waals surface area contributed by atoms with Crippen LogP contribution < -0.4 is 4.68 Å². The molecule has 2 nitrogen and oxygen atoms in total. The van der Waals surface area contributed by atoms with Gasteiger partial charge in [0.05, 0.1) is 7.05 Å². The molecule has 0 aromatic carbocycles. The highest BCUT2D eigenvalue weighted by Gasteiger charge is 2.19. The maximum atomic E-state index is 3.42. The molecule has 0 amide bonds. The third-order valence-electron chi connectivity index (χ3n) is 1.38. The van der Waals surface area contributed by atoms with Gasteiger partial charge in [-0.05, 0) is 31.9 Å². The molecule has 0 aliphatic rings. The maximum Gasteiger partial charge on any atom is 0.288 e. The molecule has 56 valence electrons. The summed E-state index contributed by atoms with van der Waals surface area (Å²) in [4.78, 5) is 0. The predicted molar refractivity (Wildman–Crippen MR) is 49.7 cm³/mol. The molecule has 0 saturated heterocycles. The molecule has 0 bridgehead atoms. The van der Waals surface area contributed by atoms with E-state index in [2.05, 4.69) is 47.8 Å². The first-order valence-electron chi connectivity index (χ1n) is 2.61. The van der Waals surface area contributed by atoms with Crippen molar-refractivity contribution in [3.05, 3.63) is 13.7 Å². The molecule has 1 heterocycles. The van der Waals surface area contributed by atoms with Crippen LogP contribution >= 0.6 is 47.8 Å². The van der Waals surface area contributed by atoms with Crippen LogP contribution in [0.15, 0.2) is 13.7 Å². The molecule has 0 aliphatic carbocycles. The first-order chi connectivity index (χ1) is 4.55. The second-order valence-electron chi connectivity index (χ2n) is 1.94. The molecular weight excluding hydrogens is 328 g/mol.